The second-order valence-electron chi connectivity index (χ2n) is 7.10. The Morgan fingerprint density at radius 3 is 2.62 bits per heavy atom. The van der Waals surface area contributed by atoms with Crippen LogP contribution in [0.15, 0.2) is 36.7 Å². The molecule has 2 aromatic heterocycles. The van der Waals surface area contributed by atoms with Crippen LogP contribution >= 0.6 is 0 Å². The lowest BCUT2D eigenvalue weighted by molar-refractivity contribution is -0.120. The number of anilines is 1. The van der Waals surface area contributed by atoms with Gasteiger partial charge in [-0.2, -0.15) is 9.78 Å². The van der Waals surface area contributed by atoms with Gasteiger partial charge in [0.05, 0.1) is 5.69 Å². The summed E-state index contributed by atoms with van der Waals surface area (Å²) in [4.78, 5) is 21.1. The van der Waals surface area contributed by atoms with Crippen LogP contribution in [0.3, 0.4) is 0 Å². The van der Waals surface area contributed by atoms with E-state index in [4.69, 9.17) is 0 Å². The minimum absolute atomic E-state index is 0.00753. The molecule has 0 aliphatic heterocycles. The maximum atomic E-state index is 12.6. The van der Waals surface area contributed by atoms with Crippen LogP contribution in [-0.2, 0) is 10.2 Å². The molecule has 126 valence electrons. The standard InChI is InChI=1S/C18H23N5O/c1-18(2,3)14-12-15(21-16(24)13-8-5-4-6-9-13)23(22-14)17-19-10-7-11-20-17/h4-5,7,10-13H,6,8-9H2,1-3H3,(H,21,24)/t13-/m0/s1. The van der Waals surface area contributed by atoms with E-state index in [-0.39, 0.29) is 17.2 Å². The Hall–Kier alpha value is -2.50. The third-order valence-electron chi connectivity index (χ3n) is 4.11. The molecular formula is C18H23N5O. The third-order valence-corrected chi connectivity index (χ3v) is 4.11. The van der Waals surface area contributed by atoms with Gasteiger partial charge in [0.2, 0.25) is 5.91 Å². The first-order chi connectivity index (χ1) is 11.4. The molecule has 0 aromatic carbocycles. The van der Waals surface area contributed by atoms with Gasteiger partial charge in [-0.25, -0.2) is 9.97 Å². The van der Waals surface area contributed by atoms with Crippen LogP contribution in [0.1, 0.15) is 45.7 Å². The molecule has 0 spiro atoms. The molecule has 0 saturated heterocycles. The Balaban J connectivity index is 1.92. The first kappa shape index (κ1) is 16.4. The number of hydrogen-bond donors (Lipinski definition) is 1. The van der Waals surface area contributed by atoms with E-state index < -0.39 is 0 Å². The van der Waals surface area contributed by atoms with Crippen molar-refractivity contribution in [3.63, 3.8) is 0 Å². The number of nitrogens with zero attached hydrogens (tertiary/aromatic N) is 4. The van der Waals surface area contributed by atoms with Crippen LogP contribution in [0.2, 0.25) is 0 Å². The smallest absolute Gasteiger partial charge is 0.252 e. The van der Waals surface area contributed by atoms with Crippen molar-refractivity contribution >= 4 is 11.7 Å². The van der Waals surface area contributed by atoms with E-state index in [0.717, 1.165) is 25.0 Å². The van der Waals surface area contributed by atoms with Crippen LogP contribution in [0.5, 0.6) is 0 Å². The fourth-order valence-corrected chi connectivity index (χ4v) is 2.65. The molecule has 0 saturated carbocycles. The molecule has 6 heteroatoms. The van der Waals surface area contributed by atoms with Gasteiger partial charge in [-0.05, 0) is 25.3 Å². The fraction of sp³-hybridized carbons (Fsp3) is 0.444. The zero-order valence-electron chi connectivity index (χ0n) is 14.4. The summed E-state index contributed by atoms with van der Waals surface area (Å²) in [6.45, 7) is 6.26. The number of carbonyl (C=O) groups is 1. The maximum Gasteiger partial charge on any atom is 0.252 e. The first-order valence-electron chi connectivity index (χ1n) is 8.29. The lowest BCUT2D eigenvalue weighted by atomic mass is 9.92. The number of carbonyl (C=O) groups excluding carboxylic acids is 1. The van der Waals surface area contributed by atoms with E-state index >= 15 is 0 Å². The van der Waals surface area contributed by atoms with Gasteiger partial charge >= 0.3 is 0 Å². The molecule has 3 rings (SSSR count). The summed E-state index contributed by atoms with van der Waals surface area (Å²) in [6.07, 6.45) is 10.1. The molecule has 2 heterocycles. The Morgan fingerprint density at radius 1 is 1.25 bits per heavy atom. The number of rotatable bonds is 3. The summed E-state index contributed by atoms with van der Waals surface area (Å²) in [5, 5.41) is 7.63. The van der Waals surface area contributed by atoms with Crippen molar-refractivity contribution in [3.8, 4) is 5.95 Å². The molecule has 2 aromatic rings. The molecule has 1 aliphatic carbocycles. The number of allylic oxidation sites excluding steroid dienone is 2. The highest BCUT2D eigenvalue weighted by Crippen LogP contribution is 2.26. The lowest BCUT2D eigenvalue weighted by Crippen LogP contribution is -2.25. The quantitative estimate of drug-likeness (QED) is 0.879. The van der Waals surface area contributed by atoms with E-state index in [9.17, 15) is 4.79 Å². The highest BCUT2D eigenvalue weighted by Gasteiger charge is 2.24. The van der Waals surface area contributed by atoms with Gasteiger partial charge in [-0.15, -0.1) is 0 Å². The van der Waals surface area contributed by atoms with Crippen molar-refractivity contribution < 1.29 is 4.79 Å². The second kappa shape index (κ2) is 6.55. The van der Waals surface area contributed by atoms with E-state index in [0.29, 0.717) is 11.8 Å². The Morgan fingerprint density at radius 2 is 2.00 bits per heavy atom. The molecule has 1 aliphatic rings. The van der Waals surface area contributed by atoms with Gasteiger partial charge in [-0.1, -0.05) is 32.9 Å². The summed E-state index contributed by atoms with van der Waals surface area (Å²) in [6, 6.07) is 3.66. The van der Waals surface area contributed by atoms with Crippen molar-refractivity contribution in [2.75, 3.05) is 5.32 Å². The summed E-state index contributed by atoms with van der Waals surface area (Å²) >= 11 is 0. The van der Waals surface area contributed by atoms with Crippen LogP contribution in [0.25, 0.3) is 5.95 Å². The average Bonchev–Trinajstić information content (AvgIpc) is 3.00. The fourth-order valence-electron chi connectivity index (χ4n) is 2.65. The molecule has 0 bridgehead atoms. The molecule has 0 radical (unpaired) electrons. The number of aromatic nitrogens is 4. The van der Waals surface area contributed by atoms with E-state index in [2.05, 4.69) is 53.3 Å². The molecule has 1 N–H and O–H groups in total. The van der Waals surface area contributed by atoms with Gasteiger partial charge in [0.1, 0.15) is 5.82 Å². The minimum atomic E-state index is -0.132. The average molecular weight is 325 g/mol. The molecule has 0 unspecified atom stereocenters. The molecule has 1 amide bonds. The first-order valence-corrected chi connectivity index (χ1v) is 8.29. The Labute approximate surface area is 142 Å². The van der Waals surface area contributed by atoms with Crippen molar-refractivity contribution in [2.24, 2.45) is 5.92 Å². The van der Waals surface area contributed by atoms with Crippen molar-refractivity contribution in [1.82, 2.24) is 19.7 Å². The molecular weight excluding hydrogens is 302 g/mol. The van der Waals surface area contributed by atoms with Gasteiger partial charge in [-0.3, -0.25) is 4.79 Å². The Kier molecular flexibility index (Phi) is 4.46. The van der Waals surface area contributed by atoms with Crippen LogP contribution < -0.4 is 5.32 Å². The SMILES string of the molecule is CC(C)(C)c1cc(NC(=O)[C@H]2CC=CCC2)n(-c2ncccn2)n1. The molecule has 1 atom stereocenters. The largest absolute Gasteiger partial charge is 0.310 e. The molecule has 0 fully saturated rings. The zero-order valence-corrected chi connectivity index (χ0v) is 14.4. The van der Waals surface area contributed by atoms with Crippen molar-refractivity contribution in [3.05, 3.63) is 42.4 Å². The summed E-state index contributed by atoms with van der Waals surface area (Å²) in [5.41, 5.74) is 0.751. The predicted molar refractivity (Wildman–Crippen MR) is 93.0 cm³/mol. The van der Waals surface area contributed by atoms with Crippen molar-refractivity contribution in [2.45, 2.75) is 45.4 Å². The maximum absolute atomic E-state index is 12.6. The van der Waals surface area contributed by atoms with Gasteiger partial charge in [0.25, 0.3) is 5.95 Å². The highest BCUT2D eigenvalue weighted by atomic mass is 16.2. The van der Waals surface area contributed by atoms with E-state index in [1.165, 1.54) is 0 Å². The number of hydrogen-bond acceptors (Lipinski definition) is 4. The normalized spacial score (nSPS) is 17.7. The molecule has 24 heavy (non-hydrogen) atoms. The zero-order chi connectivity index (χ0) is 17.2. The van der Waals surface area contributed by atoms with Crippen molar-refractivity contribution in [1.29, 1.82) is 0 Å². The monoisotopic (exact) mass is 325 g/mol. The highest BCUT2D eigenvalue weighted by molar-refractivity contribution is 5.92. The topological polar surface area (TPSA) is 72.7 Å². The van der Waals surface area contributed by atoms with Crippen LogP contribution in [0.4, 0.5) is 5.82 Å². The van der Waals surface area contributed by atoms with Gasteiger partial charge < -0.3 is 5.32 Å². The second-order valence-corrected chi connectivity index (χ2v) is 7.10. The van der Waals surface area contributed by atoms with Crippen LogP contribution in [0, 0.1) is 5.92 Å². The summed E-state index contributed by atoms with van der Waals surface area (Å²) in [5.74, 6) is 1.10. The van der Waals surface area contributed by atoms with E-state index in [1.807, 2.05) is 6.07 Å². The lowest BCUT2D eigenvalue weighted by Gasteiger charge is -2.17. The molecule has 6 nitrogen and oxygen atoms in total. The number of amides is 1. The number of nitrogens with one attached hydrogen (secondary N) is 1. The minimum Gasteiger partial charge on any atom is -0.310 e. The third kappa shape index (κ3) is 3.53. The van der Waals surface area contributed by atoms with Gasteiger partial charge in [0, 0.05) is 29.8 Å². The summed E-state index contributed by atoms with van der Waals surface area (Å²) in [7, 11) is 0. The van der Waals surface area contributed by atoms with Crippen LogP contribution in [-0.4, -0.2) is 25.7 Å². The van der Waals surface area contributed by atoms with Gasteiger partial charge in [0.15, 0.2) is 0 Å². The van der Waals surface area contributed by atoms with E-state index in [1.54, 1.807) is 23.1 Å². The summed E-state index contributed by atoms with van der Waals surface area (Å²) < 4.78 is 1.61. The Bertz CT molecular complexity index is 743. The predicted octanol–water partition coefficient (Wildman–Crippen LogP) is 3.25.